The first kappa shape index (κ1) is 42.8. The Hall–Kier alpha value is -2.05. The molecule has 0 aromatic rings. The van der Waals surface area contributed by atoms with Gasteiger partial charge in [-0.05, 0) is 24.3 Å². The molecular formula is C12H24CoN6O4. The minimum absolute atomic E-state index is 0. The fourth-order valence-electron chi connectivity index (χ4n) is 0. The second-order valence-electron chi connectivity index (χ2n) is 5.73. The van der Waals surface area contributed by atoms with Gasteiger partial charge < -0.3 is 30.6 Å². The van der Waals surface area contributed by atoms with Crippen molar-refractivity contribution >= 4 is 24.3 Å². The molecule has 23 heavy (non-hydrogen) atoms. The number of rotatable bonds is 0. The van der Waals surface area contributed by atoms with Crippen LogP contribution in [-0.4, -0.2) is 89.7 Å². The number of hydrogen-bond donors (Lipinski definition) is 0. The van der Waals surface area contributed by atoms with Crippen molar-refractivity contribution in [2.24, 2.45) is 0 Å². The van der Waals surface area contributed by atoms with Crippen LogP contribution in [0.5, 0.6) is 0 Å². The summed E-state index contributed by atoms with van der Waals surface area (Å²) in [5, 5.41) is 27.1. The van der Waals surface area contributed by atoms with Gasteiger partial charge in [0.05, 0.1) is 56.4 Å². The topological polar surface area (TPSA) is 157 Å². The summed E-state index contributed by atoms with van der Waals surface area (Å²) in [6.07, 6.45) is 2.00. The molecule has 0 saturated carbocycles. The van der Waals surface area contributed by atoms with E-state index in [1.54, 1.807) is 0 Å². The smallest absolute Gasteiger partial charge is 0.724 e. The second-order valence-corrected chi connectivity index (χ2v) is 5.73. The van der Waals surface area contributed by atoms with E-state index >= 15 is 0 Å². The van der Waals surface area contributed by atoms with Crippen molar-refractivity contribution in [1.29, 1.82) is 0 Å². The summed E-state index contributed by atoms with van der Waals surface area (Å²) < 4.78 is 2.00. The molecule has 0 atom stereocenters. The molecule has 0 spiro atoms. The Bertz CT molecular complexity index is 279. The van der Waals surface area contributed by atoms with Crippen LogP contribution in [0.3, 0.4) is 0 Å². The Kier molecular flexibility index (Phi) is 68.6. The van der Waals surface area contributed by atoms with Crippen molar-refractivity contribution in [2.75, 3.05) is 56.4 Å². The summed E-state index contributed by atoms with van der Waals surface area (Å²) in [5.74, 6) is 0. The number of carbonyl (C=O) groups excluding carboxylic acids is 4. The van der Waals surface area contributed by atoms with Gasteiger partial charge >= 0.3 is 16.8 Å². The van der Waals surface area contributed by atoms with Crippen molar-refractivity contribution < 1.29 is 44.9 Å². The standard InChI is InChI=1S/2C4H12N.4CNO.Co/c2*1-5(2,3)4;4*2-1-3;/h2*1-4H3;;;;;/q2*+1;4*-1;+2. The van der Waals surface area contributed by atoms with E-state index in [1.807, 2.05) is 0 Å². The predicted octanol–water partition coefficient (Wildman–Crippen LogP) is 0.209. The third-order valence-corrected chi connectivity index (χ3v) is 0. The Balaban J connectivity index is -0.0000000270. The van der Waals surface area contributed by atoms with Gasteiger partial charge in [0.25, 0.3) is 0 Å². The molecule has 0 heterocycles. The molecule has 0 aromatic heterocycles. The predicted molar refractivity (Wildman–Crippen MR) is 84.1 cm³/mol. The number of isocyanates is 4. The van der Waals surface area contributed by atoms with Gasteiger partial charge in [-0.2, -0.15) is 0 Å². The van der Waals surface area contributed by atoms with Gasteiger partial charge in [0.2, 0.25) is 0 Å². The van der Waals surface area contributed by atoms with E-state index in [4.69, 9.17) is 40.8 Å². The molecule has 10 nitrogen and oxygen atoms in total. The van der Waals surface area contributed by atoms with E-state index in [0.29, 0.717) is 24.3 Å². The normalized spacial score (nSPS) is 6.61. The van der Waals surface area contributed by atoms with Crippen LogP contribution in [0.15, 0.2) is 0 Å². The van der Waals surface area contributed by atoms with Crippen LogP contribution in [0.1, 0.15) is 0 Å². The molecule has 0 aromatic carbocycles. The zero-order chi connectivity index (χ0) is 19.8. The summed E-state index contributed by atoms with van der Waals surface area (Å²) in [6.45, 7) is 0. The summed E-state index contributed by atoms with van der Waals surface area (Å²) in [5.41, 5.74) is 0. The quantitative estimate of drug-likeness (QED) is 0.337. The van der Waals surface area contributed by atoms with Gasteiger partial charge in [-0.3, -0.25) is 19.2 Å². The van der Waals surface area contributed by atoms with Gasteiger partial charge in [0.1, 0.15) is 0 Å². The third kappa shape index (κ3) is 1520. The fourth-order valence-corrected chi connectivity index (χ4v) is 0. The maximum Gasteiger partial charge on any atom is 2.00 e. The fraction of sp³-hybridized carbons (Fsp3) is 0.667. The van der Waals surface area contributed by atoms with E-state index < -0.39 is 0 Å². The van der Waals surface area contributed by atoms with Gasteiger partial charge in [-0.1, -0.05) is 0 Å². The van der Waals surface area contributed by atoms with Crippen molar-refractivity contribution in [3.05, 3.63) is 21.6 Å². The van der Waals surface area contributed by atoms with Crippen molar-refractivity contribution in [1.82, 2.24) is 0 Å². The second kappa shape index (κ2) is 36.8. The molecule has 0 saturated heterocycles. The molecule has 0 aliphatic rings. The van der Waals surface area contributed by atoms with E-state index in [-0.39, 0.29) is 16.8 Å². The van der Waals surface area contributed by atoms with Crippen molar-refractivity contribution in [3.8, 4) is 0 Å². The number of nitrogens with zero attached hydrogens (tertiary/aromatic N) is 6. The van der Waals surface area contributed by atoms with E-state index in [0.717, 1.165) is 8.97 Å². The van der Waals surface area contributed by atoms with Crippen molar-refractivity contribution in [2.45, 2.75) is 0 Å². The van der Waals surface area contributed by atoms with Crippen LogP contribution in [0.25, 0.3) is 21.6 Å². The molecule has 135 valence electrons. The van der Waals surface area contributed by atoms with Crippen LogP contribution in [0.2, 0.25) is 0 Å². The molecule has 0 bridgehead atoms. The Morgan fingerprint density at radius 1 is 0.478 bits per heavy atom. The zero-order valence-corrected chi connectivity index (χ0v) is 15.7. The first-order valence-electron chi connectivity index (χ1n) is 5.29. The largest absolute Gasteiger partial charge is 2.00 e. The van der Waals surface area contributed by atoms with Crippen LogP contribution < -0.4 is 0 Å². The monoisotopic (exact) mass is 375 g/mol. The average molecular weight is 375 g/mol. The molecule has 0 aliphatic carbocycles. The van der Waals surface area contributed by atoms with Gasteiger partial charge in [-0.25, -0.2) is 0 Å². The van der Waals surface area contributed by atoms with Gasteiger partial charge in [0.15, 0.2) is 0 Å². The van der Waals surface area contributed by atoms with Crippen LogP contribution in [0, 0.1) is 0 Å². The summed E-state index contributed by atoms with van der Waals surface area (Å²) in [7, 11) is 17.0. The molecule has 0 aliphatic heterocycles. The molecule has 0 amide bonds. The van der Waals surface area contributed by atoms with E-state index in [1.165, 1.54) is 0 Å². The maximum absolute atomic E-state index is 8.24. The summed E-state index contributed by atoms with van der Waals surface area (Å²) in [6, 6.07) is 0. The zero-order valence-electron chi connectivity index (χ0n) is 14.6. The van der Waals surface area contributed by atoms with E-state index in [2.05, 4.69) is 56.4 Å². The Morgan fingerprint density at radius 3 is 0.478 bits per heavy atom. The van der Waals surface area contributed by atoms with Crippen molar-refractivity contribution in [3.63, 3.8) is 0 Å². The SMILES string of the molecule is C[N+](C)(C)C.C[N+](C)(C)C.[Co+2].[N-]=C=O.[N-]=C=O.[N-]=C=O.[N-]=C=O. The molecule has 0 N–H and O–H groups in total. The first-order valence-corrected chi connectivity index (χ1v) is 5.29. The number of quaternary nitrogens is 2. The molecule has 0 fully saturated rings. The average Bonchev–Trinajstić information content (AvgIpc) is 2.15. The minimum Gasteiger partial charge on any atom is -0.724 e. The minimum atomic E-state index is 0. The van der Waals surface area contributed by atoms with Gasteiger partial charge in [-0.15, -0.1) is 0 Å². The van der Waals surface area contributed by atoms with Crippen LogP contribution in [-0.2, 0) is 36.0 Å². The molecule has 0 unspecified atom stereocenters. The van der Waals surface area contributed by atoms with Gasteiger partial charge in [0, 0.05) is 0 Å². The molecule has 1 radical (unpaired) electrons. The maximum atomic E-state index is 8.24. The number of hydrogen-bond acceptors (Lipinski definition) is 4. The molecular weight excluding hydrogens is 351 g/mol. The van der Waals surface area contributed by atoms with Crippen LogP contribution in [0.4, 0.5) is 0 Å². The third-order valence-electron chi connectivity index (χ3n) is 0. The summed E-state index contributed by atoms with van der Waals surface area (Å²) >= 11 is 0. The van der Waals surface area contributed by atoms with Crippen LogP contribution >= 0.6 is 0 Å². The Labute approximate surface area is 147 Å². The molecule has 0 rings (SSSR count). The Morgan fingerprint density at radius 2 is 0.478 bits per heavy atom. The van der Waals surface area contributed by atoms with E-state index in [9.17, 15) is 0 Å². The molecule has 11 heteroatoms. The first-order chi connectivity index (χ1) is 9.66. The summed E-state index contributed by atoms with van der Waals surface area (Å²) in [4.78, 5) is 32.9.